The van der Waals surface area contributed by atoms with Gasteiger partial charge < -0.3 is 14.5 Å². The number of rotatable bonds is 1. The molecule has 0 bridgehead atoms. The lowest BCUT2D eigenvalue weighted by atomic mass is 9.81. The molecule has 0 unspecified atom stereocenters. The summed E-state index contributed by atoms with van der Waals surface area (Å²) in [5, 5.41) is 0. The van der Waals surface area contributed by atoms with Gasteiger partial charge in [0.05, 0.1) is 12.0 Å². The monoisotopic (exact) mass is 398 g/mol. The number of aryl methyl sites for hydroxylation is 1. The van der Waals surface area contributed by atoms with Crippen molar-refractivity contribution in [3.63, 3.8) is 0 Å². The lowest BCUT2D eigenvalue weighted by Gasteiger charge is -2.45. The Balaban J connectivity index is 1.41. The molecule has 2 amide bonds. The van der Waals surface area contributed by atoms with Gasteiger partial charge in [-0.1, -0.05) is 6.07 Å². The van der Waals surface area contributed by atoms with E-state index in [2.05, 4.69) is 0 Å². The van der Waals surface area contributed by atoms with E-state index in [0.29, 0.717) is 51.0 Å². The Kier molecular flexibility index (Phi) is 5.13. The summed E-state index contributed by atoms with van der Waals surface area (Å²) in [5.41, 5.74) is 2.36. The molecule has 6 nitrogen and oxygen atoms in total. The number of hydrogen-bond donors (Lipinski definition) is 0. The number of carbonyl (C=O) groups is 3. The van der Waals surface area contributed by atoms with Crippen LogP contribution in [0.4, 0.5) is 0 Å². The van der Waals surface area contributed by atoms with Crippen LogP contribution in [0, 0.1) is 19.8 Å². The minimum absolute atomic E-state index is 0.000763. The van der Waals surface area contributed by atoms with Crippen LogP contribution in [0.3, 0.4) is 0 Å². The Hall–Kier alpha value is -2.37. The van der Waals surface area contributed by atoms with Crippen molar-refractivity contribution in [2.45, 2.75) is 58.5 Å². The van der Waals surface area contributed by atoms with Crippen molar-refractivity contribution in [3.05, 3.63) is 28.8 Å². The van der Waals surface area contributed by atoms with Crippen LogP contribution >= 0.6 is 0 Å². The summed E-state index contributed by atoms with van der Waals surface area (Å²) in [6.45, 7) is 8.19. The fourth-order valence-corrected chi connectivity index (χ4v) is 4.89. The van der Waals surface area contributed by atoms with Gasteiger partial charge in [-0.2, -0.15) is 0 Å². The number of benzene rings is 1. The van der Waals surface area contributed by atoms with Gasteiger partial charge in [-0.25, -0.2) is 0 Å². The second-order valence-corrected chi connectivity index (χ2v) is 8.87. The average Bonchev–Trinajstić information content (AvgIpc) is 2.71. The zero-order chi connectivity index (χ0) is 20.8. The summed E-state index contributed by atoms with van der Waals surface area (Å²) in [5.74, 6) is 1.15. The molecule has 4 rings (SSSR count). The van der Waals surface area contributed by atoms with E-state index in [0.717, 1.165) is 29.7 Å². The van der Waals surface area contributed by atoms with E-state index in [1.54, 1.807) is 6.92 Å². The molecular weight excluding hydrogens is 368 g/mol. The number of Topliss-reactive ketones (excluding diaryl/α,β-unsaturated/α-hetero) is 1. The van der Waals surface area contributed by atoms with Gasteiger partial charge in [-0.05, 0) is 43.9 Å². The van der Waals surface area contributed by atoms with E-state index in [1.165, 1.54) is 0 Å². The van der Waals surface area contributed by atoms with Crippen LogP contribution in [0.25, 0.3) is 0 Å². The molecular formula is C23H30N2O4. The number of carbonyl (C=O) groups excluding carboxylic acids is 3. The lowest BCUT2D eigenvalue weighted by Crippen LogP contribution is -2.54. The molecule has 3 aliphatic rings. The van der Waals surface area contributed by atoms with Crippen molar-refractivity contribution < 1.29 is 19.1 Å². The van der Waals surface area contributed by atoms with Crippen LogP contribution in [0.2, 0.25) is 0 Å². The van der Waals surface area contributed by atoms with Gasteiger partial charge in [0.2, 0.25) is 11.8 Å². The van der Waals surface area contributed by atoms with Gasteiger partial charge in [0.15, 0.2) is 5.78 Å². The third-order valence-electron chi connectivity index (χ3n) is 7.05. The van der Waals surface area contributed by atoms with Crippen molar-refractivity contribution in [1.29, 1.82) is 0 Å². The molecule has 0 atom stereocenters. The largest absolute Gasteiger partial charge is 0.486 e. The van der Waals surface area contributed by atoms with E-state index in [-0.39, 0.29) is 23.5 Å². The number of nitrogens with zero attached hydrogens (tertiary/aromatic N) is 2. The maximum atomic E-state index is 13.0. The van der Waals surface area contributed by atoms with Crippen molar-refractivity contribution in [2.24, 2.45) is 5.92 Å². The van der Waals surface area contributed by atoms with Gasteiger partial charge in [-0.15, -0.1) is 0 Å². The Morgan fingerprint density at radius 2 is 1.69 bits per heavy atom. The van der Waals surface area contributed by atoms with E-state index in [9.17, 15) is 14.4 Å². The second-order valence-electron chi connectivity index (χ2n) is 8.87. The highest BCUT2D eigenvalue weighted by molar-refractivity contribution is 6.01. The zero-order valence-corrected chi connectivity index (χ0v) is 17.6. The van der Waals surface area contributed by atoms with Gasteiger partial charge >= 0.3 is 0 Å². The molecule has 6 heteroatoms. The van der Waals surface area contributed by atoms with Crippen LogP contribution in [-0.4, -0.2) is 59.2 Å². The quantitative estimate of drug-likeness (QED) is 0.730. The maximum Gasteiger partial charge on any atom is 0.225 e. The molecule has 1 aromatic carbocycles. The van der Waals surface area contributed by atoms with Gasteiger partial charge in [0.1, 0.15) is 11.4 Å². The topological polar surface area (TPSA) is 66.9 Å². The smallest absolute Gasteiger partial charge is 0.225 e. The molecule has 156 valence electrons. The maximum absolute atomic E-state index is 13.0. The van der Waals surface area contributed by atoms with Crippen LogP contribution in [-0.2, 0) is 9.59 Å². The van der Waals surface area contributed by atoms with Crippen LogP contribution < -0.4 is 4.74 Å². The molecule has 0 radical (unpaired) electrons. The minimum atomic E-state index is -0.489. The molecule has 2 fully saturated rings. The fourth-order valence-electron chi connectivity index (χ4n) is 4.89. The van der Waals surface area contributed by atoms with E-state index in [4.69, 9.17) is 4.74 Å². The molecule has 3 heterocycles. The molecule has 3 aliphatic heterocycles. The summed E-state index contributed by atoms with van der Waals surface area (Å²) >= 11 is 0. The van der Waals surface area contributed by atoms with Crippen molar-refractivity contribution >= 4 is 17.6 Å². The van der Waals surface area contributed by atoms with E-state index in [1.807, 2.05) is 35.8 Å². The van der Waals surface area contributed by atoms with Gasteiger partial charge in [0.25, 0.3) is 0 Å². The second kappa shape index (κ2) is 7.47. The number of piperidine rings is 2. The number of ketones is 1. The summed E-state index contributed by atoms with van der Waals surface area (Å²) in [7, 11) is 0. The minimum Gasteiger partial charge on any atom is -0.486 e. The highest BCUT2D eigenvalue weighted by Gasteiger charge is 2.45. The third kappa shape index (κ3) is 3.65. The number of ether oxygens (including phenoxy) is 1. The first-order valence-corrected chi connectivity index (χ1v) is 10.7. The lowest BCUT2D eigenvalue weighted by molar-refractivity contribution is -0.143. The number of likely N-dealkylation sites (tertiary alicyclic amines) is 2. The molecule has 29 heavy (non-hydrogen) atoms. The number of hydrogen-bond acceptors (Lipinski definition) is 4. The van der Waals surface area contributed by atoms with Crippen LogP contribution in [0.5, 0.6) is 5.75 Å². The third-order valence-corrected chi connectivity index (χ3v) is 7.05. The van der Waals surface area contributed by atoms with E-state index < -0.39 is 5.60 Å². The fraction of sp³-hybridized carbons (Fsp3) is 0.609. The molecule has 2 saturated heterocycles. The summed E-state index contributed by atoms with van der Waals surface area (Å²) in [6.07, 6.45) is 3.23. The van der Waals surface area contributed by atoms with Gasteiger partial charge in [-0.3, -0.25) is 14.4 Å². The molecule has 0 aliphatic carbocycles. The van der Waals surface area contributed by atoms with Crippen molar-refractivity contribution in [3.8, 4) is 5.75 Å². The Bertz CT molecular complexity index is 847. The first-order chi connectivity index (χ1) is 13.8. The molecule has 0 aromatic heterocycles. The number of amides is 2. The summed E-state index contributed by atoms with van der Waals surface area (Å²) in [6, 6.07) is 3.85. The van der Waals surface area contributed by atoms with Crippen molar-refractivity contribution in [1.82, 2.24) is 9.80 Å². The highest BCUT2D eigenvalue weighted by atomic mass is 16.5. The van der Waals surface area contributed by atoms with Gasteiger partial charge in [0, 0.05) is 51.9 Å². The Morgan fingerprint density at radius 1 is 1.03 bits per heavy atom. The average molecular weight is 399 g/mol. The zero-order valence-electron chi connectivity index (χ0n) is 17.6. The molecule has 0 saturated carbocycles. The molecule has 1 aromatic rings. The predicted molar refractivity (Wildman–Crippen MR) is 109 cm³/mol. The first-order valence-electron chi connectivity index (χ1n) is 10.7. The van der Waals surface area contributed by atoms with Crippen molar-refractivity contribution in [2.75, 3.05) is 26.2 Å². The normalized spacial score (nSPS) is 21.7. The highest BCUT2D eigenvalue weighted by Crippen LogP contribution is 2.42. The SMILES string of the molecule is CC(=O)N1CCC(C(=O)N2CCC3(CC2)CC(=O)c2ccc(C)c(C)c2O3)CC1. The van der Waals surface area contributed by atoms with Crippen LogP contribution in [0.15, 0.2) is 12.1 Å². The molecule has 1 spiro atoms. The van der Waals surface area contributed by atoms with E-state index >= 15 is 0 Å². The number of fused-ring (bicyclic) bond motifs is 1. The first kappa shape index (κ1) is 19.9. The van der Waals surface area contributed by atoms with Crippen LogP contribution in [0.1, 0.15) is 60.5 Å². The Morgan fingerprint density at radius 3 is 2.31 bits per heavy atom. The summed E-state index contributed by atoms with van der Waals surface area (Å²) < 4.78 is 6.45. The Labute approximate surface area is 172 Å². The summed E-state index contributed by atoms with van der Waals surface area (Å²) in [4.78, 5) is 41.0. The molecule has 0 N–H and O–H groups in total. The predicted octanol–water partition coefficient (Wildman–Crippen LogP) is 2.89. The standard InChI is InChI=1S/C23H30N2O4/c1-15-4-5-19-20(27)14-23(29-21(19)16(15)2)8-12-25(13-9-23)22(28)18-6-10-24(11-7-18)17(3)26/h4-5,18H,6-14H2,1-3H3.